The van der Waals surface area contributed by atoms with E-state index >= 15 is 0 Å². The molecular weight excluding hydrogens is 218 g/mol. The molecule has 1 amide bonds. The van der Waals surface area contributed by atoms with Crippen LogP contribution in [0.5, 0.6) is 0 Å². The Hall–Kier alpha value is -1.29. The van der Waals surface area contributed by atoms with Crippen LogP contribution in [0.1, 0.15) is 41.1 Å². The van der Waals surface area contributed by atoms with Gasteiger partial charge >= 0.3 is 0 Å². The molecule has 1 aliphatic carbocycles. The van der Waals surface area contributed by atoms with Crippen LogP contribution in [0.3, 0.4) is 0 Å². The van der Waals surface area contributed by atoms with Crippen LogP contribution in [0.4, 0.5) is 0 Å². The van der Waals surface area contributed by atoms with Gasteiger partial charge in [-0.05, 0) is 45.1 Å². The molecule has 2 N–H and O–H groups in total. The minimum Gasteiger partial charge on any atom is -0.466 e. The van der Waals surface area contributed by atoms with Crippen molar-refractivity contribution in [3.8, 4) is 0 Å². The van der Waals surface area contributed by atoms with Crippen molar-refractivity contribution in [1.29, 1.82) is 0 Å². The van der Waals surface area contributed by atoms with E-state index in [0.717, 1.165) is 18.6 Å². The van der Waals surface area contributed by atoms with Crippen LogP contribution in [0.25, 0.3) is 0 Å². The molecule has 4 heteroatoms. The first-order valence-corrected chi connectivity index (χ1v) is 6.11. The van der Waals surface area contributed by atoms with Gasteiger partial charge in [0.15, 0.2) is 0 Å². The molecule has 1 heterocycles. The standard InChI is InChI=1S/C13H19NO3/c1-8-7-11(9(2)17-8)13(16)14-6-5-12(15)10-3-4-10/h7,10,12,15H,3-6H2,1-2H3,(H,14,16)/t12-/m1/s1. The lowest BCUT2D eigenvalue weighted by molar-refractivity contribution is 0.0935. The number of aliphatic hydroxyl groups excluding tert-OH is 1. The summed E-state index contributed by atoms with van der Waals surface area (Å²) < 4.78 is 5.30. The highest BCUT2D eigenvalue weighted by molar-refractivity contribution is 5.95. The molecule has 0 saturated heterocycles. The molecule has 0 unspecified atom stereocenters. The van der Waals surface area contributed by atoms with Crippen molar-refractivity contribution in [2.45, 2.75) is 39.2 Å². The maximum absolute atomic E-state index is 11.8. The first-order valence-electron chi connectivity index (χ1n) is 6.11. The molecular formula is C13H19NO3. The molecule has 0 aromatic carbocycles. The molecule has 0 spiro atoms. The van der Waals surface area contributed by atoms with Crippen LogP contribution in [-0.2, 0) is 0 Å². The number of carbonyl (C=O) groups is 1. The Balaban J connectivity index is 1.78. The Bertz CT molecular complexity index is 407. The second-order valence-corrected chi connectivity index (χ2v) is 4.78. The molecule has 0 radical (unpaired) electrons. The zero-order chi connectivity index (χ0) is 12.4. The second-order valence-electron chi connectivity index (χ2n) is 4.78. The molecule has 17 heavy (non-hydrogen) atoms. The summed E-state index contributed by atoms with van der Waals surface area (Å²) in [5.74, 6) is 1.72. The van der Waals surface area contributed by atoms with Crippen molar-refractivity contribution in [3.05, 3.63) is 23.2 Å². The van der Waals surface area contributed by atoms with E-state index in [-0.39, 0.29) is 12.0 Å². The average molecular weight is 237 g/mol. The fourth-order valence-corrected chi connectivity index (χ4v) is 2.00. The third-order valence-corrected chi connectivity index (χ3v) is 3.18. The SMILES string of the molecule is Cc1cc(C(=O)NCC[C@@H](O)C2CC2)c(C)o1. The number of carbonyl (C=O) groups excluding carboxylic acids is 1. The van der Waals surface area contributed by atoms with E-state index in [1.165, 1.54) is 0 Å². The maximum atomic E-state index is 11.8. The second kappa shape index (κ2) is 4.92. The van der Waals surface area contributed by atoms with E-state index in [1.807, 2.05) is 6.92 Å². The molecule has 4 nitrogen and oxygen atoms in total. The predicted molar refractivity (Wildman–Crippen MR) is 63.9 cm³/mol. The van der Waals surface area contributed by atoms with E-state index < -0.39 is 0 Å². The number of amides is 1. The fraction of sp³-hybridized carbons (Fsp3) is 0.615. The Morgan fingerprint density at radius 2 is 2.29 bits per heavy atom. The lowest BCUT2D eigenvalue weighted by Crippen LogP contribution is -2.27. The molecule has 1 saturated carbocycles. The molecule has 1 atom stereocenters. The summed E-state index contributed by atoms with van der Waals surface area (Å²) in [5.41, 5.74) is 0.586. The van der Waals surface area contributed by atoms with E-state index in [0.29, 0.717) is 30.2 Å². The summed E-state index contributed by atoms with van der Waals surface area (Å²) in [4.78, 5) is 11.8. The summed E-state index contributed by atoms with van der Waals surface area (Å²) in [7, 11) is 0. The fourth-order valence-electron chi connectivity index (χ4n) is 2.00. The van der Waals surface area contributed by atoms with Crippen LogP contribution in [-0.4, -0.2) is 23.7 Å². The molecule has 1 fully saturated rings. The van der Waals surface area contributed by atoms with Gasteiger partial charge in [0.25, 0.3) is 5.91 Å². The van der Waals surface area contributed by atoms with Gasteiger partial charge in [0, 0.05) is 6.54 Å². The Morgan fingerprint density at radius 1 is 1.59 bits per heavy atom. The summed E-state index contributed by atoms with van der Waals surface area (Å²) in [5, 5.41) is 12.5. The van der Waals surface area contributed by atoms with E-state index in [9.17, 15) is 9.90 Å². The van der Waals surface area contributed by atoms with Crippen LogP contribution in [0, 0.1) is 19.8 Å². The van der Waals surface area contributed by atoms with Crippen LogP contribution in [0.2, 0.25) is 0 Å². The quantitative estimate of drug-likeness (QED) is 0.820. The van der Waals surface area contributed by atoms with Crippen LogP contribution >= 0.6 is 0 Å². The summed E-state index contributed by atoms with van der Waals surface area (Å²) in [6.45, 7) is 4.11. The Labute approximate surface area is 101 Å². The summed E-state index contributed by atoms with van der Waals surface area (Å²) in [6, 6.07) is 1.74. The number of nitrogens with one attached hydrogen (secondary N) is 1. The van der Waals surface area contributed by atoms with E-state index in [1.54, 1.807) is 13.0 Å². The van der Waals surface area contributed by atoms with Crippen LogP contribution in [0.15, 0.2) is 10.5 Å². The van der Waals surface area contributed by atoms with Crippen molar-refractivity contribution >= 4 is 5.91 Å². The average Bonchev–Trinajstić information content (AvgIpc) is 3.04. The maximum Gasteiger partial charge on any atom is 0.254 e. The zero-order valence-corrected chi connectivity index (χ0v) is 10.3. The smallest absolute Gasteiger partial charge is 0.254 e. The van der Waals surface area contributed by atoms with Gasteiger partial charge in [-0.1, -0.05) is 0 Å². The number of hydrogen-bond acceptors (Lipinski definition) is 3. The lowest BCUT2D eigenvalue weighted by atomic mass is 10.1. The van der Waals surface area contributed by atoms with Gasteiger partial charge in [0.2, 0.25) is 0 Å². The van der Waals surface area contributed by atoms with Crippen LogP contribution < -0.4 is 5.32 Å². The number of rotatable bonds is 5. The minimum atomic E-state index is -0.262. The van der Waals surface area contributed by atoms with Gasteiger partial charge in [-0.15, -0.1) is 0 Å². The normalized spacial score (nSPS) is 16.9. The van der Waals surface area contributed by atoms with Gasteiger partial charge in [0.05, 0.1) is 11.7 Å². The van der Waals surface area contributed by atoms with E-state index in [2.05, 4.69) is 5.32 Å². The third-order valence-electron chi connectivity index (χ3n) is 3.18. The number of hydrogen-bond donors (Lipinski definition) is 2. The van der Waals surface area contributed by atoms with Gasteiger partial charge in [-0.25, -0.2) is 0 Å². The monoisotopic (exact) mass is 237 g/mol. The number of aliphatic hydroxyl groups is 1. The minimum absolute atomic E-state index is 0.123. The van der Waals surface area contributed by atoms with Crippen molar-refractivity contribution in [2.24, 2.45) is 5.92 Å². The van der Waals surface area contributed by atoms with E-state index in [4.69, 9.17) is 4.42 Å². The predicted octanol–water partition coefficient (Wildman–Crippen LogP) is 1.79. The van der Waals surface area contributed by atoms with Crippen molar-refractivity contribution in [2.75, 3.05) is 6.54 Å². The molecule has 94 valence electrons. The van der Waals surface area contributed by atoms with Crippen molar-refractivity contribution in [3.63, 3.8) is 0 Å². The highest BCUT2D eigenvalue weighted by Crippen LogP contribution is 2.33. The first-order chi connectivity index (χ1) is 8.08. The Kier molecular flexibility index (Phi) is 3.52. The molecule has 0 bridgehead atoms. The highest BCUT2D eigenvalue weighted by Gasteiger charge is 2.29. The summed E-state index contributed by atoms with van der Waals surface area (Å²) in [6.07, 6.45) is 2.61. The zero-order valence-electron chi connectivity index (χ0n) is 10.3. The van der Waals surface area contributed by atoms with Crippen molar-refractivity contribution < 1.29 is 14.3 Å². The third kappa shape index (κ3) is 3.09. The van der Waals surface area contributed by atoms with Gasteiger partial charge in [0.1, 0.15) is 11.5 Å². The first kappa shape index (κ1) is 12.2. The molecule has 2 rings (SSSR count). The van der Waals surface area contributed by atoms with Gasteiger partial charge in [-0.3, -0.25) is 4.79 Å². The largest absolute Gasteiger partial charge is 0.466 e. The number of furan rings is 1. The lowest BCUT2D eigenvalue weighted by Gasteiger charge is -2.09. The molecule has 1 aromatic rings. The van der Waals surface area contributed by atoms with Crippen molar-refractivity contribution in [1.82, 2.24) is 5.32 Å². The summed E-state index contributed by atoms with van der Waals surface area (Å²) >= 11 is 0. The molecule has 0 aliphatic heterocycles. The number of aryl methyl sites for hydroxylation is 2. The molecule has 1 aliphatic rings. The van der Waals surface area contributed by atoms with Gasteiger partial charge < -0.3 is 14.8 Å². The Morgan fingerprint density at radius 3 is 2.82 bits per heavy atom. The molecule has 1 aromatic heterocycles. The highest BCUT2D eigenvalue weighted by atomic mass is 16.3. The topological polar surface area (TPSA) is 62.5 Å². The van der Waals surface area contributed by atoms with Gasteiger partial charge in [-0.2, -0.15) is 0 Å².